The zero-order valence-corrected chi connectivity index (χ0v) is 11.8. The maximum absolute atomic E-state index is 13.5. The van der Waals surface area contributed by atoms with Crippen LogP contribution in [0.3, 0.4) is 0 Å². The number of benzene rings is 1. The Morgan fingerprint density at radius 3 is 3.00 bits per heavy atom. The average molecular weight is 298 g/mol. The molecule has 4 rings (SSSR count). The van der Waals surface area contributed by atoms with E-state index < -0.39 is 6.10 Å². The molecular formula is C16H15FN4O. The van der Waals surface area contributed by atoms with E-state index >= 15 is 0 Å². The Hall–Kier alpha value is -2.47. The van der Waals surface area contributed by atoms with Gasteiger partial charge in [0, 0.05) is 18.8 Å². The minimum absolute atomic E-state index is 0.0800. The van der Waals surface area contributed by atoms with Crippen molar-refractivity contribution >= 4 is 11.5 Å². The topological polar surface area (TPSA) is 53.7 Å². The first-order chi connectivity index (χ1) is 10.7. The number of aliphatic hydroxyl groups is 1. The Bertz CT molecular complexity index is 819. The van der Waals surface area contributed by atoms with Crippen molar-refractivity contribution in [3.8, 4) is 0 Å². The Kier molecular flexibility index (Phi) is 3.04. The number of anilines is 1. The second-order valence-corrected chi connectivity index (χ2v) is 5.53. The molecule has 6 heteroatoms. The molecule has 1 saturated heterocycles. The lowest BCUT2D eigenvalue weighted by atomic mass is 10.0. The van der Waals surface area contributed by atoms with Crippen LogP contribution in [0.2, 0.25) is 0 Å². The highest BCUT2D eigenvalue weighted by Gasteiger charge is 2.33. The summed E-state index contributed by atoms with van der Waals surface area (Å²) >= 11 is 0. The fraction of sp³-hybridized carbons (Fsp3) is 0.250. The van der Waals surface area contributed by atoms with Crippen LogP contribution >= 0.6 is 0 Å². The van der Waals surface area contributed by atoms with Crippen molar-refractivity contribution < 1.29 is 9.50 Å². The monoisotopic (exact) mass is 298 g/mol. The molecule has 1 aliphatic heterocycles. The molecule has 0 radical (unpaired) electrons. The normalized spacial score (nSPS) is 21.6. The number of aliphatic hydroxyl groups excluding tert-OH is 1. The third-order valence-electron chi connectivity index (χ3n) is 4.05. The molecule has 0 spiro atoms. The molecule has 3 aromatic rings. The summed E-state index contributed by atoms with van der Waals surface area (Å²) in [6, 6.07) is 10.1. The van der Waals surface area contributed by atoms with Crippen molar-refractivity contribution in [1.29, 1.82) is 0 Å². The van der Waals surface area contributed by atoms with Crippen molar-refractivity contribution in [2.24, 2.45) is 0 Å². The largest absolute Gasteiger partial charge is 0.391 e. The van der Waals surface area contributed by atoms with E-state index in [0.717, 1.165) is 17.0 Å². The summed E-state index contributed by atoms with van der Waals surface area (Å²) < 4.78 is 15.2. The van der Waals surface area contributed by atoms with Crippen molar-refractivity contribution in [3.63, 3.8) is 0 Å². The highest BCUT2D eigenvalue weighted by molar-refractivity contribution is 5.50. The van der Waals surface area contributed by atoms with Crippen LogP contribution in [0.15, 0.2) is 48.8 Å². The number of rotatable bonds is 2. The molecule has 0 bridgehead atoms. The molecule has 112 valence electrons. The van der Waals surface area contributed by atoms with Gasteiger partial charge in [-0.25, -0.2) is 13.9 Å². The molecule has 0 aliphatic carbocycles. The maximum atomic E-state index is 13.5. The van der Waals surface area contributed by atoms with Crippen LogP contribution in [0.25, 0.3) is 5.65 Å². The number of hydrogen-bond donors (Lipinski definition) is 1. The molecule has 3 heterocycles. The van der Waals surface area contributed by atoms with Crippen LogP contribution in [0.4, 0.5) is 10.2 Å². The Labute approximate surface area is 126 Å². The van der Waals surface area contributed by atoms with Gasteiger partial charge in [0.25, 0.3) is 0 Å². The third-order valence-corrected chi connectivity index (χ3v) is 4.05. The molecule has 2 aromatic heterocycles. The van der Waals surface area contributed by atoms with Crippen molar-refractivity contribution in [2.45, 2.75) is 18.6 Å². The zero-order chi connectivity index (χ0) is 15.1. The van der Waals surface area contributed by atoms with E-state index in [0.29, 0.717) is 13.0 Å². The van der Waals surface area contributed by atoms with E-state index in [1.165, 1.54) is 12.1 Å². The Morgan fingerprint density at radius 2 is 2.14 bits per heavy atom. The summed E-state index contributed by atoms with van der Waals surface area (Å²) in [5.74, 6) is 0.497. The molecule has 1 aliphatic rings. The number of halogens is 1. The standard InChI is InChI=1S/C16H15FN4O/c17-12-3-1-2-11(8-12)14-9-13(22)10-20(14)15-5-7-21-16(19-15)4-6-18-21/h1-8,13-14,22H,9-10H2/t13-,14-/m1/s1. The van der Waals surface area contributed by atoms with E-state index in [-0.39, 0.29) is 11.9 Å². The van der Waals surface area contributed by atoms with Crippen molar-refractivity contribution in [2.75, 3.05) is 11.4 Å². The fourth-order valence-corrected chi connectivity index (χ4v) is 3.06. The lowest BCUT2D eigenvalue weighted by molar-refractivity contribution is 0.194. The molecule has 0 amide bonds. The quantitative estimate of drug-likeness (QED) is 0.788. The average Bonchev–Trinajstić information content (AvgIpc) is 3.12. The van der Waals surface area contributed by atoms with E-state index in [4.69, 9.17) is 0 Å². The van der Waals surface area contributed by atoms with Crippen LogP contribution in [-0.2, 0) is 0 Å². The summed E-state index contributed by atoms with van der Waals surface area (Å²) in [6.45, 7) is 0.485. The molecule has 0 saturated carbocycles. The summed E-state index contributed by atoms with van der Waals surface area (Å²) in [7, 11) is 0. The first kappa shape index (κ1) is 13.2. The van der Waals surface area contributed by atoms with E-state index in [1.54, 1.807) is 16.8 Å². The molecule has 5 nitrogen and oxygen atoms in total. The van der Waals surface area contributed by atoms with E-state index in [2.05, 4.69) is 10.1 Å². The van der Waals surface area contributed by atoms with Gasteiger partial charge < -0.3 is 10.0 Å². The summed E-state index contributed by atoms with van der Waals surface area (Å²) in [4.78, 5) is 6.59. The maximum Gasteiger partial charge on any atom is 0.157 e. The Morgan fingerprint density at radius 1 is 1.23 bits per heavy atom. The summed E-state index contributed by atoms with van der Waals surface area (Å²) in [5.41, 5.74) is 1.60. The first-order valence-electron chi connectivity index (χ1n) is 7.21. The number of fused-ring (bicyclic) bond motifs is 1. The van der Waals surface area contributed by atoms with Gasteiger partial charge in [0.2, 0.25) is 0 Å². The van der Waals surface area contributed by atoms with Crippen molar-refractivity contribution in [1.82, 2.24) is 14.6 Å². The van der Waals surface area contributed by atoms with E-state index in [9.17, 15) is 9.50 Å². The number of β-amino-alcohol motifs (C(OH)–C–C–N with tert-alkyl or cyclic N) is 1. The molecule has 0 unspecified atom stereocenters. The van der Waals surface area contributed by atoms with Crippen LogP contribution in [0.1, 0.15) is 18.0 Å². The lowest BCUT2D eigenvalue weighted by Crippen LogP contribution is -2.25. The highest BCUT2D eigenvalue weighted by Crippen LogP contribution is 2.35. The van der Waals surface area contributed by atoms with Crippen molar-refractivity contribution in [3.05, 3.63) is 60.2 Å². The van der Waals surface area contributed by atoms with Gasteiger partial charge in [-0.05, 0) is 30.2 Å². The summed E-state index contributed by atoms with van der Waals surface area (Å²) in [5, 5.41) is 14.2. The summed E-state index contributed by atoms with van der Waals surface area (Å²) in [6.07, 6.45) is 3.64. The molecule has 2 atom stereocenters. The van der Waals surface area contributed by atoms with Gasteiger partial charge >= 0.3 is 0 Å². The first-order valence-corrected chi connectivity index (χ1v) is 7.21. The molecule has 1 N–H and O–H groups in total. The molecule has 1 aromatic carbocycles. The molecule has 22 heavy (non-hydrogen) atoms. The number of hydrogen-bond acceptors (Lipinski definition) is 4. The number of nitrogens with zero attached hydrogens (tertiary/aromatic N) is 4. The second kappa shape index (κ2) is 5.06. The predicted octanol–water partition coefficient (Wildman–Crippen LogP) is 2.18. The van der Waals surface area contributed by atoms with Gasteiger partial charge in [-0.2, -0.15) is 5.10 Å². The molecule has 1 fully saturated rings. The second-order valence-electron chi connectivity index (χ2n) is 5.53. The minimum atomic E-state index is -0.448. The Balaban J connectivity index is 1.74. The van der Waals surface area contributed by atoms with Gasteiger partial charge in [0.05, 0.1) is 18.3 Å². The third kappa shape index (κ3) is 2.21. The van der Waals surface area contributed by atoms with Gasteiger partial charge in [-0.1, -0.05) is 12.1 Å². The molecular weight excluding hydrogens is 283 g/mol. The van der Waals surface area contributed by atoms with E-state index in [1.807, 2.05) is 29.3 Å². The van der Waals surface area contributed by atoms with Crippen LogP contribution in [-0.4, -0.2) is 32.4 Å². The smallest absolute Gasteiger partial charge is 0.157 e. The van der Waals surface area contributed by atoms with Crippen LogP contribution < -0.4 is 4.90 Å². The van der Waals surface area contributed by atoms with Gasteiger partial charge in [-0.15, -0.1) is 0 Å². The van der Waals surface area contributed by atoms with Gasteiger partial charge in [-0.3, -0.25) is 0 Å². The van der Waals surface area contributed by atoms with Gasteiger partial charge in [0.15, 0.2) is 5.65 Å². The lowest BCUT2D eigenvalue weighted by Gasteiger charge is -2.25. The number of aromatic nitrogens is 3. The predicted molar refractivity (Wildman–Crippen MR) is 80.1 cm³/mol. The SMILES string of the molecule is O[C@@H]1C[C@H](c2cccc(F)c2)N(c2ccn3nccc3n2)C1. The zero-order valence-electron chi connectivity index (χ0n) is 11.8. The van der Waals surface area contributed by atoms with Crippen LogP contribution in [0, 0.1) is 5.82 Å². The van der Waals surface area contributed by atoms with Gasteiger partial charge in [0.1, 0.15) is 11.6 Å². The fourth-order valence-electron chi connectivity index (χ4n) is 3.06. The highest BCUT2D eigenvalue weighted by atomic mass is 19.1. The van der Waals surface area contributed by atoms with Crippen LogP contribution in [0.5, 0.6) is 0 Å². The minimum Gasteiger partial charge on any atom is -0.391 e.